The van der Waals surface area contributed by atoms with Crippen molar-refractivity contribution in [2.45, 2.75) is 53.6 Å². The Kier molecular flexibility index (Phi) is 6.60. The zero-order valence-corrected chi connectivity index (χ0v) is 16.9. The van der Waals surface area contributed by atoms with Crippen molar-refractivity contribution >= 4 is 17.6 Å². The molecule has 0 fully saturated rings. The lowest BCUT2D eigenvalue weighted by Gasteiger charge is -2.16. The van der Waals surface area contributed by atoms with Gasteiger partial charge in [0.15, 0.2) is 0 Å². The van der Waals surface area contributed by atoms with E-state index in [1.807, 2.05) is 52.3 Å². The lowest BCUT2D eigenvalue weighted by molar-refractivity contribution is 0.0943. The summed E-state index contributed by atoms with van der Waals surface area (Å²) in [5.41, 5.74) is 4.10. The Hall–Kier alpha value is -2.83. The SMILES string of the molecule is Cc1cc(C)n([C@@H](C)CNC(=O)Nc2ccc(C(=O)NC(C)C)cc2C)n1. The minimum atomic E-state index is -0.286. The van der Waals surface area contributed by atoms with Crippen molar-refractivity contribution in [1.29, 1.82) is 0 Å². The molecule has 0 radical (unpaired) electrons. The van der Waals surface area contributed by atoms with Gasteiger partial charge in [-0.25, -0.2) is 4.79 Å². The molecule has 1 aromatic carbocycles. The van der Waals surface area contributed by atoms with E-state index in [0.29, 0.717) is 17.8 Å². The fraction of sp³-hybridized carbons (Fsp3) is 0.450. The minimum Gasteiger partial charge on any atom is -0.350 e. The number of carbonyl (C=O) groups excluding carboxylic acids is 2. The van der Waals surface area contributed by atoms with Gasteiger partial charge in [0.2, 0.25) is 0 Å². The Morgan fingerprint density at radius 2 is 1.81 bits per heavy atom. The Labute approximate surface area is 160 Å². The number of benzene rings is 1. The van der Waals surface area contributed by atoms with Crippen molar-refractivity contribution in [3.8, 4) is 0 Å². The lowest BCUT2D eigenvalue weighted by Crippen LogP contribution is -2.34. The molecule has 7 nitrogen and oxygen atoms in total. The number of nitrogens with zero attached hydrogens (tertiary/aromatic N) is 2. The molecule has 0 aliphatic rings. The lowest BCUT2D eigenvalue weighted by atomic mass is 10.1. The molecule has 3 N–H and O–H groups in total. The fourth-order valence-corrected chi connectivity index (χ4v) is 2.88. The summed E-state index contributed by atoms with van der Waals surface area (Å²) in [7, 11) is 0. The van der Waals surface area contributed by atoms with Crippen LogP contribution in [0.5, 0.6) is 0 Å². The molecule has 0 aliphatic carbocycles. The number of rotatable bonds is 6. The van der Waals surface area contributed by atoms with Gasteiger partial charge in [-0.3, -0.25) is 9.48 Å². The van der Waals surface area contributed by atoms with Crippen LogP contribution < -0.4 is 16.0 Å². The highest BCUT2D eigenvalue weighted by molar-refractivity contribution is 5.96. The summed E-state index contributed by atoms with van der Waals surface area (Å²) in [4.78, 5) is 24.3. The summed E-state index contributed by atoms with van der Waals surface area (Å²) < 4.78 is 1.91. The summed E-state index contributed by atoms with van der Waals surface area (Å²) in [6, 6.07) is 7.07. The first-order chi connectivity index (χ1) is 12.7. The third kappa shape index (κ3) is 5.57. The monoisotopic (exact) mass is 371 g/mol. The van der Waals surface area contributed by atoms with Gasteiger partial charge in [-0.1, -0.05) is 0 Å². The third-order valence-electron chi connectivity index (χ3n) is 4.18. The maximum absolute atomic E-state index is 12.2. The van der Waals surface area contributed by atoms with Crippen molar-refractivity contribution in [3.63, 3.8) is 0 Å². The largest absolute Gasteiger partial charge is 0.350 e. The number of nitrogens with one attached hydrogen (secondary N) is 3. The van der Waals surface area contributed by atoms with Crippen LogP contribution in [0, 0.1) is 20.8 Å². The molecule has 1 aromatic heterocycles. The molecule has 27 heavy (non-hydrogen) atoms. The van der Waals surface area contributed by atoms with Crippen LogP contribution in [0.2, 0.25) is 0 Å². The van der Waals surface area contributed by atoms with E-state index in [0.717, 1.165) is 17.0 Å². The molecular weight excluding hydrogens is 342 g/mol. The molecule has 2 rings (SSSR count). The summed E-state index contributed by atoms with van der Waals surface area (Å²) in [5, 5.41) is 13.0. The molecule has 146 valence electrons. The number of carbonyl (C=O) groups is 2. The van der Waals surface area contributed by atoms with Gasteiger partial charge in [-0.15, -0.1) is 0 Å². The Morgan fingerprint density at radius 1 is 1.11 bits per heavy atom. The van der Waals surface area contributed by atoms with E-state index in [1.165, 1.54) is 0 Å². The Morgan fingerprint density at radius 3 is 2.37 bits per heavy atom. The number of hydrogen-bond donors (Lipinski definition) is 3. The summed E-state index contributed by atoms with van der Waals surface area (Å²) in [5.74, 6) is -0.122. The molecule has 0 unspecified atom stereocenters. The van der Waals surface area contributed by atoms with Gasteiger partial charge in [0.05, 0.1) is 11.7 Å². The summed E-state index contributed by atoms with van der Waals surface area (Å²) >= 11 is 0. The zero-order chi connectivity index (χ0) is 20.1. The second-order valence-corrected chi connectivity index (χ2v) is 7.21. The molecule has 7 heteroatoms. The first kappa shape index (κ1) is 20.5. The maximum Gasteiger partial charge on any atom is 0.319 e. The van der Waals surface area contributed by atoms with Crippen molar-refractivity contribution in [1.82, 2.24) is 20.4 Å². The first-order valence-electron chi connectivity index (χ1n) is 9.16. The molecule has 0 saturated heterocycles. The molecular formula is C20H29N5O2. The van der Waals surface area contributed by atoms with Gasteiger partial charge < -0.3 is 16.0 Å². The quantitative estimate of drug-likeness (QED) is 0.728. The molecule has 0 spiro atoms. The first-order valence-corrected chi connectivity index (χ1v) is 9.16. The average molecular weight is 371 g/mol. The van der Waals surface area contributed by atoms with E-state index >= 15 is 0 Å². The van der Waals surface area contributed by atoms with E-state index in [2.05, 4.69) is 21.0 Å². The fourth-order valence-electron chi connectivity index (χ4n) is 2.88. The second-order valence-electron chi connectivity index (χ2n) is 7.21. The van der Waals surface area contributed by atoms with Crippen LogP contribution in [-0.4, -0.2) is 34.3 Å². The van der Waals surface area contributed by atoms with Gasteiger partial charge in [0.25, 0.3) is 5.91 Å². The number of aryl methyl sites for hydroxylation is 3. The summed E-state index contributed by atoms with van der Waals surface area (Å²) in [6.45, 7) is 12.1. The molecule has 2 aromatic rings. The Balaban J connectivity index is 1.93. The van der Waals surface area contributed by atoms with Gasteiger partial charge in [-0.2, -0.15) is 5.10 Å². The van der Waals surface area contributed by atoms with Gasteiger partial charge in [0, 0.05) is 29.5 Å². The van der Waals surface area contributed by atoms with E-state index < -0.39 is 0 Å². The third-order valence-corrected chi connectivity index (χ3v) is 4.18. The number of urea groups is 1. The smallest absolute Gasteiger partial charge is 0.319 e. The van der Waals surface area contributed by atoms with Gasteiger partial charge in [0.1, 0.15) is 0 Å². The van der Waals surface area contributed by atoms with Crippen molar-refractivity contribution in [3.05, 3.63) is 46.8 Å². The van der Waals surface area contributed by atoms with Crippen LogP contribution in [0.1, 0.15) is 54.1 Å². The number of aromatic nitrogens is 2. The predicted octanol–water partition coefficient (Wildman–Crippen LogP) is 3.33. The normalized spacial score (nSPS) is 12.0. The van der Waals surface area contributed by atoms with Crippen molar-refractivity contribution < 1.29 is 9.59 Å². The highest BCUT2D eigenvalue weighted by atomic mass is 16.2. The highest BCUT2D eigenvalue weighted by Crippen LogP contribution is 2.17. The van der Waals surface area contributed by atoms with E-state index in [9.17, 15) is 9.59 Å². The van der Waals surface area contributed by atoms with Crippen molar-refractivity contribution in [2.24, 2.45) is 0 Å². The van der Waals surface area contributed by atoms with Crippen LogP contribution in [0.3, 0.4) is 0 Å². The van der Waals surface area contributed by atoms with Crippen molar-refractivity contribution in [2.75, 3.05) is 11.9 Å². The topological polar surface area (TPSA) is 88.0 Å². The van der Waals surface area contributed by atoms with Crippen LogP contribution in [0.15, 0.2) is 24.3 Å². The molecule has 0 bridgehead atoms. The minimum absolute atomic E-state index is 0.0488. The second kappa shape index (κ2) is 8.70. The van der Waals surface area contributed by atoms with E-state index in [4.69, 9.17) is 0 Å². The van der Waals surface area contributed by atoms with Crippen LogP contribution in [-0.2, 0) is 0 Å². The zero-order valence-electron chi connectivity index (χ0n) is 16.9. The predicted molar refractivity (Wildman–Crippen MR) is 107 cm³/mol. The molecule has 3 amide bonds. The van der Waals surface area contributed by atoms with E-state index in [1.54, 1.807) is 18.2 Å². The average Bonchev–Trinajstić information content (AvgIpc) is 2.92. The van der Waals surface area contributed by atoms with Gasteiger partial charge in [-0.05, 0) is 71.4 Å². The van der Waals surface area contributed by atoms with E-state index in [-0.39, 0.29) is 24.0 Å². The maximum atomic E-state index is 12.2. The molecule has 0 saturated carbocycles. The summed E-state index contributed by atoms with van der Waals surface area (Å²) in [6.07, 6.45) is 0. The molecule has 0 aliphatic heterocycles. The number of amides is 3. The van der Waals surface area contributed by atoms with Gasteiger partial charge >= 0.3 is 6.03 Å². The van der Waals surface area contributed by atoms with Crippen LogP contribution in [0.25, 0.3) is 0 Å². The molecule has 1 atom stereocenters. The standard InChI is InChI=1S/C20H29N5O2/c1-12(2)22-19(26)17-7-8-18(13(3)9-17)23-20(27)21-11-16(6)25-15(5)10-14(4)24-25/h7-10,12,16H,11H2,1-6H3,(H,22,26)(H2,21,23,27)/t16-/m0/s1. The van der Waals surface area contributed by atoms with Crippen LogP contribution >= 0.6 is 0 Å². The Bertz CT molecular complexity index is 826. The number of hydrogen-bond acceptors (Lipinski definition) is 3. The van der Waals surface area contributed by atoms with Crippen LogP contribution in [0.4, 0.5) is 10.5 Å². The highest BCUT2D eigenvalue weighted by Gasteiger charge is 2.13. The molecule has 1 heterocycles. The number of anilines is 1.